The summed E-state index contributed by atoms with van der Waals surface area (Å²) in [5.74, 6) is 0.00854. The Morgan fingerprint density at radius 2 is 1.67 bits per heavy atom. The zero-order valence-corrected chi connectivity index (χ0v) is 12.5. The van der Waals surface area contributed by atoms with Gasteiger partial charge in [0.1, 0.15) is 5.38 Å². The van der Waals surface area contributed by atoms with Gasteiger partial charge in [-0.1, -0.05) is 60.7 Å². The highest BCUT2D eigenvalue weighted by Crippen LogP contribution is 2.35. The van der Waals surface area contributed by atoms with Crippen molar-refractivity contribution in [3.05, 3.63) is 71.8 Å². The molecule has 1 saturated heterocycles. The van der Waals surface area contributed by atoms with E-state index >= 15 is 0 Å². The summed E-state index contributed by atoms with van der Waals surface area (Å²) in [5.41, 5.74) is 2.06. The van der Waals surface area contributed by atoms with E-state index in [9.17, 15) is 4.79 Å². The van der Waals surface area contributed by atoms with Crippen molar-refractivity contribution in [3.8, 4) is 0 Å². The fraction of sp³-hybridized carbons (Fsp3) is 0.278. The van der Waals surface area contributed by atoms with Crippen LogP contribution in [0.5, 0.6) is 0 Å². The third-order valence-electron chi connectivity index (χ3n) is 4.03. The van der Waals surface area contributed by atoms with E-state index in [4.69, 9.17) is 11.6 Å². The molecule has 1 aliphatic heterocycles. The monoisotopic (exact) mass is 299 g/mol. The van der Waals surface area contributed by atoms with E-state index in [1.54, 1.807) is 0 Å². The molecule has 0 bridgehead atoms. The first-order valence-electron chi connectivity index (χ1n) is 7.32. The molecule has 2 aromatic carbocycles. The number of benzene rings is 2. The van der Waals surface area contributed by atoms with Crippen molar-refractivity contribution in [2.75, 3.05) is 6.54 Å². The number of hydrogen-bond acceptors (Lipinski definition) is 1. The van der Waals surface area contributed by atoms with Gasteiger partial charge in [-0.25, -0.2) is 0 Å². The number of halogens is 1. The van der Waals surface area contributed by atoms with Crippen molar-refractivity contribution >= 4 is 17.5 Å². The van der Waals surface area contributed by atoms with E-state index in [-0.39, 0.29) is 11.9 Å². The molecule has 1 aliphatic rings. The molecule has 2 unspecified atom stereocenters. The van der Waals surface area contributed by atoms with Crippen LogP contribution in [0.25, 0.3) is 0 Å². The van der Waals surface area contributed by atoms with Crippen LogP contribution in [0.2, 0.25) is 0 Å². The predicted octanol–water partition coefficient (Wildman–Crippen LogP) is 4.33. The van der Waals surface area contributed by atoms with Gasteiger partial charge in [-0.05, 0) is 24.0 Å². The van der Waals surface area contributed by atoms with Gasteiger partial charge in [0.2, 0.25) is 5.91 Å². The van der Waals surface area contributed by atoms with Gasteiger partial charge in [0.05, 0.1) is 6.04 Å². The predicted molar refractivity (Wildman–Crippen MR) is 85.2 cm³/mol. The van der Waals surface area contributed by atoms with E-state index in [0.29, 0.717) is 0 Å². The minimum Gasteiger partial charge on any atom is -0.334 e. The third-order valence-corrected chi connectivity index (χ3v) is 4.47. The van der Waals surface area contributed by atoms with E-state index < -0.39 is 5.38 Å². The molecule has 2 aromatic rings. The zero-order chi connectivity index (χ0) is 14.7. The lowest BCUT2D eigenvalue weighted by Crippen LogP contribution is -2.33. The standard InChI is InChI=1S/C18H18ClNO/c19-17(15-10-5-2-6-11-15)18(21)20-13-7-12-16(20)14-8-3-1-4-9-14/h1-6,8-11,16-17H,7,12-13H2. The molecule has 0 saturated carbocycles. The van der Waals surface area contributed by atoms with Crippen molar-refractivity contribution in [1.82, 2.24) is 4.90 Å². The molecule has 3 heteroatoms. The van der Waals surface area contributed by atoms with Gasteiger partial charge in [-0.2, -0.15) is 0 Å². The van der Waals surface area contributed by atoms with Crippen LogP contribution < -0.4 is 0 Å². The molecule has 1 amide bonds. The van der Waals surface area contributed by atoms with Crippen LogP contribution in [0.1, 0.15) is 35.4 Å². The van der Waals surface area contributed by atoms with Gasteiger partial charge >= 0.3 is 0 Å². The number of nitrogens with zero attached hydrogens (tertiary/aromatic N) is 1. The molecule has 0 spiro atoms. The van der Waals surface area contributed by atoms with E-state index in [1.807, 2.05) is 53.4 Å². The van der Waals surface area contributed by atoms with E-state index in [1.165, 1.54) is 5.56 Å². The maximum Gasteiger partial charge on any atom is 0.245 e. The number of carbonyl (C=O) groups is 1. The fourth-order valence-corrected chi connectivity index (χ4v) is 3.23. The maximum absolute atomic E-state index is 12.7. The molecule has 0 radical (unpaired) electrons. The second-order valence-corrected chi connectivity index (χ2v) is 5.81. The second kappa shape index (κ2) is 6.31. The van der Waals surface area contributed by atoms with Crippen molar-refractivity contribution in [1.29, 1.82) is 0 Å². The SMILES string of the molecule is O=C(C(Cl)c1ccccc1)N1CCCC1c1ccccc1. The zero-order valence-electron chi connectivity index (χ0n) is 11.8. The Labute approximate surface area is 130 Å². The minimum absolute atomic E-state index is 0.00854. The van der Waals surface area contributed by atoms with Gasteiger partial charge in [0, 0.05) is 6.54 Å². The molecule has 0 N–H and O–H groups in total. The highest BCUT2D eigenvalue weighted by molar-refractivity contribution is 6.30. The normalized spacial score (nSPS) is 19.5. The van der Waals surface area contributed by atoms with Crippen molar-refractivity contribution in [3.63, 3.8) is 0 Å². The first-order valence-corrected chi connectivity index (χ1v) is 7.75. The van der Waals surface area contributed by atoms with Crippen LogP contribution in [0.3, 0.4) is 0 Å². The van der Waals surface area contributed by atoms with Crippen molar-refractivity contribution < 1.29 is 4.79 Å². The smallest absolute Gasteiger partial charge is 0.245 e. The highest BCUT2D eigenvalue weighted by Gasteiger charge is 2.33. The van der Waals surface area contributed by atoms with Crippen LogP contribution in [0.4, 0.5) is 0 Å². The Kier molecular flexibility index (Phi) is 4.26. The molecule has 0 aliphatic carbocycles. The van der Waals surface area contributed by atoms with Crippen LogP contribution >= 0.6 is 11.6 Å². The summed E-state index contributed by atoms with van der Waals surface area (Å²) in [6.07, 6.45) is 2.04. The van der Waals surface area contributed by atoms with Gasteiger partial charge in [0.15, 0.2) is 0 Å². The summed E-state index contributed by atoms with van der Waals surface area (Å²) in [6, 6.07) is 19.9. The molecular weight excluding hydrogens is 282 g/mol. The number of alkyl halides is 1. The molecule has 108 valence electrons. The average Bonchev–Trinajstić information content (AvgIpc) is 3.04. The van der Waals surface area contributed by atoms with Crippen LogP contribution in [-0.4, -0.2) is 17.4 Å². The molecule has 1 fully saturated rings. The Morgan fingerprint density at radius 3 is 2.33 bits per heavy atom. The summed E-state index contributed by atoms with van der Waals surface area (Å²) >= 11 is 6.40. The number of hydrogen-bond donors (Lipinski definition) is 0. The summed E-state index contributed by atoms with van der Waals surface area (Å²) in [7, 11) is 0. The fourth-order valence-electron chi connectivity index (χ4n) is 2.96. The van der Waals surface area contributed by atoms with E-state index in [0.717, 1.165) is 24.9 Å². The number of amides is 1. The quantitative estimate of drug-likeness (QED) is 0.773. The van der Waals surface area contributed by atoms with Crippen molar-refractivity contribution in [2.24, 2.45) is 0 Å². The second-order valence-electron chi connectivity index (χ2n) is 5.37. The molecular formula is C18H18ClNO. The number of likely N-dealkylation sites (tertiary alicyclic amines) is 1. The Bertz CT molecular complexity index is 599. The summed E-state index contributed by atoms with van der Waals surface area (Å²) in [5, 5.41) is -0.601. The summed E-state index contributed by atoms with van der Waals surface area (Å²) in [6.45, 7) is 0.786. The average molecular weight is 300 g/mol. The van der Waals surface area contributed by atoms with Gasteiger partial charge in [0.25, 0.3) is 0 Å². The van der Waals surface area contributed by atoms with Gasteiger partial charge in [-0.3, -0.25) is 4.79 Å². The first kappa shape index (κ1) is 14.2. The molecule has 0 aromatic heterocycles. The van der Waals surface area contributed by atoms with Gasteiger partial charge in [-0.15, -0.1) is 11.6 Å². The Balaban J connectivity index is 1.81. The molecule has 3 rings (SSSR count). The summed E-state index contributed by atoms with van der Waals surface area (Å²) in [4.78, 5) is 14.7. The Morgan fingerprint density at radius 1 is 1.05 bits per heavy atom. The Hall–Kier alpha value is -1.80. The van der Waals surface area contributed by atoms with Gasteiger partial charge < -0.3 is 4.90 Å². The molecule has 1 heterocycles. The van der Waals surface area contributed by atoms with Crippen LogP contribution in [0.15, 0.2) is 60.7 Å². The van der Waals surface area contributed by atoms with Crippen LogP contribution in [0, 0.1) is 0 Å². The number of rotatable bonds is 3. The molecule has 2 nitrogen and oxygen atoms in total. The van der Waals surface area contributed by atoms with Crippen LogP contribution in [-0.2, 0) is 4.79 Å². The lowest BCUT2D eigenvalue weighted by Gasteiger charge is -2.27. The molecule has 2 atom stereocenters. The lowest BCUT2D eigenvalue weighted by atomic mass is 10.0. The van der Waals surface area contributed by atoms with E-state index in [2.05, 4.69) is 12.1 Å². The number of carbonyl (C=O) groups excluding carboxylic acids is 1. The third kappa shape index (κ3) is 2.96. The topological polar surface area (TPSA) is 20.3 Å². The first-order chi connectivity index (χ1) is 10.3. The summed E-state index contributed by atoms with van der Waals surface area (Å²) < 4.78 is 0. The maximum atomic E-state index is 12.7. The lowest BCUT2D eigenvalue weighted by molar-refractivity contribution is -0.131. The van der Waals surface area contributed by atoms with Crippen molar-refractivity contribution in [2.45, 2.75) is 24.3 Å². The highest BCUT2D eigenvalue weighted by atomic mass is 35.5. The minimum atomic E-state index is -0.601. The molecule has 21 heavy (non-hydrogen) atoms. The largest absolute Gasteiger partial charge is 0.334 e.